The van der Waals surface area contributed by atoms with Crippen molar-refractivity contribution in [2.45, 2.75) is 12.8 Å². The van der Waals surface area contributed by atoms with Gasteiger partial charge in [0.2, 0.25) is 0 Å². The van der Waals surface area contributed by atoms with Gasteiger partial charge in [-0.2, -0.15) is 0 Å². The largest absolute Gasteiger partial charge is 0.295 e. The lowest BCUT2D eigenvalue weighted by molar-refractivity contribution is 0.937. The summed E-state index contributed by atoms with van der Waals surface area (Å²) in [5, 5.41) is 1.14. The monoisotopic (exact) mass is 399 g/mol. The van der Waals surface area contributed by atoms with Crippen molar-refractivity contribution in [1.29, 1.82) is 0 Å². The number of benzene rings is 3. The first-order chi connectivity index (χ1) is 15.3. The van der Waals surface area contributed by atoms with Crippen LogP contribution in [0.5, 0.6) is 0 Å². The number of hydrogen-bond donors (Lipinski definition) is 0. The molecule has 1 aliphatic heterocycles. The normalized spacial score (nSPS) is 15.1. The van der Waals surface area contributed by atoms with Gasteiger partial charge in [-0.3, -0.25) is 4.57 Å². The lowest BCUT2D eigenvalue weighted by Gasteiger charge is -2.20. The Kier molecular flexibility index (Phi) is 4.07. The summed E-state index contributed by atoms with van der Waals surface area (Å²) in [7, 11) is 0. The summed E-state index contributed by atoms with van der Waals surface area (Å²) < 4.78 is 2.29. The zero-order valence-electron chi connectivity index (χ0n) is 17.2. The van der Waals surface area contributed by atoms with Crippen molar-refractivity contribution >= 4 is 22.4 Å². The zero-order chi connectivity index (χ0) is 20.8. The van der Waals surface area contributed by atoms with Gasteiger partial charge in [0, 0.05) is 17.3 Å². The van der Waals surface area contributed by atoms with Crippen molar-refractivity contribution in [1.82, 2.24) is 9.55 Å². The highest BCUT2D eigenvalue weighted by molar-refractivity contribution is 6.09. The minimum absolute atomic E-state index is 0.00879. The lowest BCUT2D eigenvalue weighted by atomic mass is 9.87. The molecule has 3 heteroatoms. The van der Waals surface area contributed by atoms with E-state index in [0.29, 0.717) is 0 Å². The van der Waals surface area contributed by atoms with Gasteiger partial charge in [-0.05, 0) is 53.9 Å². The van der Waals surface area contributed by atoms with E-state index in [9.17, 15) is 0 Å². The third kappa shape index (κ3) is 2.89. The summed E-state index contributed by atoms with van der Waals surface area (Å²) in [6.07, 6.45) is 1.87. The van der Waals surface area contributed by atoms with Crippen LogP contribution in [0.2, 0.25) is 0 Å². The molecule has 0 bridgehead atoms. The maximum Gasteiger partial charge on any atom is 0.144 e. The first kappa shape index (κ1) is 17.8. The van der Waals surface area contributed by atoms with Crippen LogP contribution in [0.3, 0.4) is 0 Å². The van der Waals surface area contributed by atoms with E-state index >= 15 is 0 Å². The minimum atomic E-state index is -0.00879. The van der Waals surface area contributed by atoms with Crippen LogP contribution in [-0.4, -0.2) is 15.3 Å². The highest BCUT2D eigenvalue weighted by Gasteiger charge is 2.30. The number of rotatable bonds is 2. The van der Waals surface area contributed by atoms with Gasteiger partial charge in [-0.25, -0.2) is 9.98 Å². The molecule has 0 N–H and O–H groups in total. The molecule has 6 rings (SSSR count). The van der Waals surface area contributed by atoms with E-state index in [-0.39, 0.29) is 5.92 Å². The molecule has 3 heterocycles. The molecule has 0 saturated heterocycles. The van der Waals surface area contributed by atoms with Gasteiger partial charge in [0.15, 0.2) is 0 Å². The fraction of sp³-hybridized carbons (Fsp3) is 0.0714. The molecular formula is C28H21N3. The standard InChI is InChI=1S/C28H21N3/c1-19-14-15-24-23(17-19)30-27(21-11-6-3-7-12-21)26(20-9-4-2-5-10-20)25-18-22-13-8-16-29-28(22)31(24)25/h2-18,26H,1H3. The van der Waals surface area contributed by atoms with Crippen LogP contribution in [-0.2, 0) is 0 Å². The summed E-state index contributed by atoms with van der Waals surface area (Å²) in [6, 6.07) is 34.1. The van der Waals surface area contributed by atoms with Gasteiger partial charge in [0.1, 0.15) is 5.65 Å². The van der Waals surface area contributed by atoms with E-state index in [4.69, 9.17) is 9.98 Å². The Labute approximate surface area is 181 Å². The maximum atomic E-state index is 5.29. The van der Waals surface area contributed by atoms with Crippen LogP contribution < -0.4 is 0 Å². The number of hydrogen-bond acceptors (Lipinski definition) is 2. The molecule has 5 aromatic rings. The minimum Gasteiger partial charge on any atom is -0.295 e. The molecule has 0 amide bonds. The Bertz CT molecular complexity index is 1430. The highest BCUT2D eigenvalue weighted by Crippen LogP contribution is 2.41. The fourth-order valence-corrected chi connectivity index (χ4v) is 4.58. The van der Waals surface area contributed by atoms with Gasteiger partial charge >= 0.3 is 0 Å². The Morgan fingerprint density at radius 3 is 2.35 bits per heavy atom. The van der Waals surface area contributed by atoms with Crippen molar-refractivity contribution in [3.8, 4) is 5.69 Å². The average molecular weight is 399 g/mol. The second kappa shape index (κ2) is 7.06. The molecule has 0 fully saturated rings. The summed E-state index contributed by atoms with van der Waals surface area (Å²) >= 11 is 0. The molecule has 0 aliphatic carbocycles. The van der Waals surface area contributed by atoms with Crippen molar-refractivity contribution in [2.24, 2.45) is 4.99 Å². The third-order valence-corrected chi connectivity index (χ3v) is 5.97. The smallest absolute Gasteiger partial charge is 0.144 e. The molecular weight excluding hydrogens is 378 g/mol. The van der Waals surface area contributed by atoms with Crippen LogP contribution in [0.4, 0.5) is 5.69 Å². The Morgan fingerprint density at radius 1 is 0.774 bits per heavy atom. The molecule has 0 radical (unpaired) electrons. The van der Waals surface area contributed by atoms with Gasteiger partial charge < -0.3 is 0 Å². The van der Waals surface area contributed by atoms with Gasteiger partial charge in [-0.1, -0.05) is 66.7 Å². The van der Waals surface area contributed by atoms with E-state index in [1.54, 1.807) is 0 Å². The van der Waals surface area contributed by atoms with Crippen LogP contribution in [0.1, 0.15) is 28.3 Å². The molecule has 31 heavy (non-hydrogen) atoms. The molecule has 3 nitrogen and oxygen atoms in total. The lowest BCUT2D eigenvalue weighted by Crippen LogP contribution is -2.17. The van der Waals surface area contributed by atoms with E-state index in [1.165, 1.54) is 16.8 Å². The molecule has 0 spiro atoms. The molecule has 1 atom stereocenters. The van der Waals surface area contributed by atoms with Gasteiger partial charge in [0.05, 0.1) is 23.0 Å². The van der Waals surface area contributed by atoms with Crippen LogP contribution in [0, 0.1) is 6.92 Å². The Morgan fingerprint density at radius 2 is 1.55 bits per heavy atom. The number of aromatic nitrogens is 2. The van der Waals surface area contributed by atoms with Gasteiger partial charge in [-0.15, -0.1) is 0 Å². The first-order valence-corrected chi connectivity index (χ1v) is 10.6. The van der Waals surface area contributed by atoms with Gasteiger partial charge in [0.25, 0.3) is 0 Å². The molecule has 0 saturated carbocycles. The van der Waals surface area contributed by atoms with Crippen LogP contribution in [0.25, 0.3) is 16.7 Å². The predicted octanol–water partition coefficient (Wildman–Crippen LogP) is 6.60. The summed E-state index contributed by atoms with van der Waals surface area (Å²) in [5.41, 5.74) is 8.80. The summed E-state index contributed by atoms with van der Waals surface area (Å²) in [4.78, 5) is 10.0. The average Bonchev–Trinajstić information content (AvgIpc) is 3.12. The van der Waals surface area contributed by atoms with E-state index in [1.807, 2.05) is 12.3 Å². The van der Waals surface area contributed by atoms with E-state index < -0.39 is 0 Å². The molecule has 3 aromatic carbocycles. The molecule has 1 aliphatic rings. The van der Waals surface area contributed by atoms with Crippen LogP contribution in [0.15, 0.2) is 108 Å². The zero-order valence-corrected chi connectivity index (χ0v) is 17.2. The quantitative estimate of drug-likeness (QED) is 0.329. The predicted molar refractivity (Wildman–Crippen MR) is 127 cm³/mol. The number of aryl methyl sites for hydroxylation is 1. The third-order valence-electron chi connectivity index (χ3n) is 5.97. The Balaban J connectivity index is 1.76. The molecule has 148 valence electrons. The second-order valence-electron chi connectivity index (χ2n) is 8.02. The summed E-state index contributed by atoms with van der Waals surface area (Å²) in [5.74, 6) is -0.00879. The Hall–Kier alpha value is -3.98. The highest BCUT2D eigenvalue weighted by atomic mass is 15.1. The topological polar surface area (TPSA) is 30.2 Å². The van der Waals surface area contributed by atoms with Crippen molar-refractivity contribution < 1.29 is 0 Å². The fourth-order valence-electron chi connectivity index (χ4n) is 4.58. The van der Waals surface area contributed by atoms with E-state index in [0.717, 1.165) is 33.7 Å². The van der Waals surface area contributed by atoms with E-state index in [2.05, 4.69) is 102 Å². The summed E-state index contributed by atoms with van der Waals surface area (Å²) in [6.45, 7) is 2.12. The maximum absolute atomic E-state index is 5.29. The second-order valence-corrected chi connectivity index (χ2v) is 8.02. The number of aliphatic imine (C=N–C) groups is 1. The van der Waals surface area contributed by atoms with Crippen LogP contribution >= 0.6 is 0 Å². The molecule has 2 aromatic heterocycles. The number of nitrogens with zero attached hydrogens (tertiary/aromatic N) is 3. The number of fused-ring (bicyclic) bond motifs is 5. The van der Waals surface area contributed by atoms with Crippen molar-refractivity contribution in [2.75, 3.05) is 0 Å². The number of pyridine rings is 1. The SMILES string of the molecule is Cc1ccc2c(c1)N=C(c1ccccc1)C(c1ccccc1)c1cc3cccnc3n1-2. The first-order valence-electron chi connectivity index (χ1n) is 10.6. The molecule has 1 unspecified atom stereocenters. The van der Waals surface area contributed by atoms with Crippen molar-refractivity contribution in [3.05, 3.63) is 126 Å². The van der Waals surface area contributed by atoms with Crippen molar-refractivity contribution in [3.63, 3.8) is 0 Å².